The molecule has 0 radical (unpaired) electrons. The average Bonchev–Trinajstić information content (AvgIpc) is 2.87. The predicted molar refractivity (Wildman–Crippen MR) is 68.9 cm³/mol. The third-order valence-corrected chi connectivity index (χ3v) is 3.37. The van der Waals surface area contributed by atoms with Crippen molar-refractivity contribution in [2.24, 2.45) is 5.92 Å². The topological polar surface area (TPSA) is 72.7 Å². The Hall–Kier alpha value is -2.02. The number of likely N-dealkylation sites (tertiary alicyclic amines) is 1. The van der Waals surface area contributed by atoms with Gasteiger partial charge in [0, 0.05) is 38.2 Å². The molecule has 0 aliphatic carbocycles. The summed E-state index contributed by atoms with van der Waals surface area (Å²) in [6, 6.07) is 2.99. The van der Waals surface area contributed by atoms with Crippen LogP contribution in [0.1, 0.15) is 16.8 Å². The number of rotatable bonds is 4. The number of halogens is 1. The molecule has 6 nitrogen and oxygen atoms in total. The van der Waals surface area contributed by atoms with Gasteiger partial charge < -0.3 is 9.64 Å². The molecule has 1 atom stereocenters. The fourth-order valence-electron chi connectivity index (χ4n) is 2.35. The molecule has 0 spiro atoms. The fourth-order valence-corrected chi connectivity index (χ4v) is 2.35. The Morgan fingerprint density at radius 1 is 1.60 bits per heavy atom. The molecule has 0 bridgehead atoms. The van der Waals surface area contributed by atoms with Crippen LogP contribution in [0.2, 0.25) is 0 Å². The molecular weight excluding hydrogens is 267 g/mol. The van der Waals surface area contributed by atoms with Crippen molar-refractivity contribution < 1.29 is 18.8 Å². The Morgan fingerprint density at radius 3 is 3.00 bits per heavy atom. The lowest BCUT2D eigenvalue weighted by molar-refractivity contribution is -0.384. The molecule has 1 aromatic carbocycles. The molecule has 1 amide bonds. The summed E-state index contributed by atoms with van der Waals surface area (Å²) in [5.41, 5.74) is -0.542. The number of methoxy groups -OCH3 is 1. The zero-order valence-corrected chi connectivity index (χ0v) is 11.0. The fraction of sp³-hybridized carbons (Fsp3) is 0.462. The van der Waals surface area contributed by atoms with Gasteiger partial charge in [0.25, 0.3) is 11.6 Å². The number of amides is 1. The van der Waals surface area contributed by atoms with E-state index in [0.29, 0.717) is 19.7 Å². The first kappa shape index (κ1) is 14.4. The van der Waals surface area contributed by atoms with Crippen molar-refractivity contribution in [3.8, 4) is 0 Å². The standard InChI is InChI=1S/C13H15FN2O4/c1-20-8-9-4-5-15(7-9)13(17)11-6-10(16(18)19)2-3-12(11)14/h2-3,6,9H,4-5,7-8H2,1H3. The van der Waals surface area contributed by atoms with E-state index < -0.39 is 16.6 Å². The second-order valence-electron chi connectivity index (χ2n) is 4.78. The van der Waals surface area contributed by atoms with E-state index in [1.165, 1.54) is 4.90 Å². The molecule has 1 aliphatic heterocycles. The van der Waals surface area contributed by atoms with Gasteiger partial charge in [0.15, 0.2) is 0 Å². The number of hydrogen-bond donors (Lipinski definition) is 0. The Bertz CT molecular complexity index is 535. The Balaban J connectivity index is 2.17. The number of benzene rings is 1. The summed E-state index contributed by atoms with van der Waals surface area (Å²) in [7, 11) is 1.59. The number of carbonyl (C=O) groups is 1. The lowest BCUT2D eigenvalue weighted by atomic mass is 10.1. The third kappa shape index (κ3) is 2.93. The van der Waals surface area contributed by atoms with Crippen LogP contribution in [0.25, 0.3) is 0 Å². The Labute approximate surface area is 115 Å². The maximum atomic E-state index is 13.7. The van der Waals surface area contributed by atoms with Gasteiger partial charge in [0.2, 0.25) is 0 Å². The van der Waals surface area contributed by atoms with E-state index in [1.807, 2.05) is 0 Å². The van der Waals surface area contributed by atoms with E-state index >= 15 is 0 Å². The SMILES string of the molecule is COCC1CCN(C(=O)c2cc([N+](=O)[O-])ccc2F)C1. The van der Waals surface area contributed by atoms with E-state index in [9.17, 15) is 19.3 Å². The highest BCUT2D eigenvalue weighted by Gasteiger charge is 2.29. The van der Waals surface area contributed by atoms with Gasteiger partial charge in [-0.1, -0.05) is 0 Å². The molecule has 1 aromatic rings. The zero-order chi connectivity index (χ0) is 14.7. The summed E-state index contributed by atoms with van der Waals surface area (Å²) < 4.78 is 18.7. The summed E-state index contributed by atoms with van der Waals surface area (Å²) >= 11 is 0. The highest BCUT2D eigenvalue weighted by atomic mass is 19.1. The second kappa shape index (κ2) is 5.96. The molecule has 1 unspecified atom stereocenters. The van der Waals surface area contributed by atoms with Gasteiger partial charge in [-0.05, 0) is 12.5 Å². The van der Waals surface area contributed by atoms with Crippen molar-refractivity contribution in [1.29, 1.82) is 0 Å². The molecule has 108 valence electrons. The summed E-state index contributed by atoms with van der Waals surface area (Å²) in [6.07, 6.45) is 0.788. The van der Waals surface area contributed by atoms with E-state index in [4.69, 9.17) is 4.74 Å². The minimum atomic E-state index is -0.740. The number of ether oxygens (including phenoxy) is 1. The number of carbonyl (C=O) groups excluding carboxylic acids is 1. The van der Waals surface area contributed by atoms with Crippen molar-refractivity contribution in [2.75, 3.05) is 26.8 Å². The molecule has 1 aliphatic rings. The molecule has 0 saturated carbocycles. The summed E-state index contributed by atoms with van der Waals surface area (Å²) in [6.45, 7) is 1.53. The van der Waals surface area contributed by atoms with Crippen LogP contribution < -0.4 is 0 Å². The van der Waals surface area contributed by atoms with Crippen molar-refractivity contribution in [3.63, 3.8) is 0 Å². The quantitative estimate of drug-likeness (QED) is 0.624. The Kier molecular flexibility index (Phi) is 4.29. The average molecular weight is 282 g/mol. The minimum Gasteiger partial charge on any atom is -0.384 e. The number of nitro benzene ring substituents is 1. The van der Waals surface area contributed by atoms with Gasteiger partial charge in [-0.15, -0.1) is 0 Å². The minimum absolute atomic E-state index is 0.228. The summed E-state index contributed by atoms with van der Waals surface area (Å²) in [5.74, 6) is -1.02. The van der Waals surface area contributed by atoms with Crippen LogP contribution in [0, 0.1) is 21.8 Å². The number of nitro groups is 1. The molecule has 0 N–H and O–H groups in total. The van der Waals surface area contributed by atoms with Crippen LogP contribution in [0.15, 0.2) is 18.2 Å². The lowest BCUT2D eigenvalue weighted by Gasteiger charge is -2.16. The van der Waals surface area contributed by atoms with Gasteiger partial charge in [0.1, 0.15) is 5.82 Å². The summed E-state index contributed by atoms with van der Waals surface area (Å²) in [4.78, 5) is 23.8. The van der Waals surface area contributed by atoms with Crippen LogP contribution in [-0.2, 0) is 4.74 Å². The Morgan fingerprint density at radius 2 is 2.35 bits per heavy atom. The largest absolute Gasteiger partial charge is 0.384 e. The highest BCUT2D eigenvalue weighted by molar-refractivity contribution is 5.95. The van der Waals surface area contributed by atoms with Gasteiger partial charge in [-0.3, -0.25) is 14.9 Å². The first-order valence-corrected chi connectivity index (χ1v) is 6.25. The molecule has 2 rings (SSSR count). The monoisotopic (exact) mass is 282 g/mol. The van der Waals surface area contributed by atoms with E-state index in [-0.39, 0.29) is 17.2 Å². The molecule has 1 fully saturated rings. The van der Waals surface area contributed by atoms with E-state index in [1.54, 1.807) is 7.11 Å². The van der Waals surface area contributed by atoms with Crippen molar-refractivity contribution in [1.82, 2.24) is 4.90 Å². The highest BCUT2D eigenvalue weighted by Crippen LogP contribution is 2.22. The zero-order valence-electron chi connectivity index (χ0n) is 11.0. The van der Waals surface area contributed by atoms with Crippen molar-refractivity contribution in [3.05, 3.63) is 39.7 Å². The maximum absolute atomic E-state index is 13.7. The van der Waals surface area contributed by atoms with Crippen molar-refractivity contribution >= 4 is 11.6 Å². The van der Waals surface area contributed by atoms with E-state index in [0.717, 1.165) is 24.6 Å². The molecule has 1 saturated heterocycles. The van der Waals surface area contributed by atoms with Crippen LogP contribution in [-0.4, -0.2) is 42.5 Å². The van der Waals surface area contributed by atoms with Crippen LogP contribution >= 0.6 is 0 Å². The van der Waals surface area contributed by atoms with Gasteiger partial charge in [-0.2, -0.15) is 0 Å². The molecule has 1 heterocycles. The van der Waals surface area contributed by atoms with Gasteiger partial charge in [-0.25, -0.2) is 4.39 Å². The van der Waals surface area contributed by atoms with E-state index in [2.05, 4.69) is 0 Å². The number of hydrogen-bond acceptors (Lipinski definition) is 4. The maximum Gasteiger partial charge on any atom is 0.270 e. The molecule has 20 heavy (non-hydrogen) atoms. The first-order valence-electron chi connectivity index (χ1n) is 6.25. The normalized spacial score (nSPS) is 18.3. The first-order chi connectivity index (χ1) is 9.52. The van der Waals surface area contributed by atoms with Crippen LogP contribution in [0.4, 0.5) is 10.1 Å². The smallest absolute Gasteiger partial charge is 0.270 e. The molecular formula is C13H15FN2O4. The number of nitrogens with zero attached hydrogens (tertiary/aromatic N) is 2. The molecule has 7 heteroatoms. The van der Waals surface area contributed by atoms with Crippen molar-refractivity contribution in [2.45, 2.75) is 6.42 Å². The lowest BCUT2D eigenvalue weighted by Crippen LogP contribution is -2.30. The summed E-state index contributed by atoms with van der Waals surface area (Å²) in [5, 5.41) is 10.7. The predicted octanol–water partition coefficient (Wildman–Crippen LogP) is 1.84. The third-order valence-electron chi connectivity index (χ3n) is 3.37. The molecule has 0 aromatic heterocycles. The second-order valence-corrected chi connectivity index (χ2v) is 4.78. The van der Waals surface area contributed by atoms with Gasteiger partial charge in [0.05, 0.1) is 17.1 Å². The van der Waals surface area contributed by atoms with Crippen LogP contribution in [0.5, 0.6) is 0 Å². The number of non-ortho nitro benzene ring substituents is 1. The van der Waals surface area contributed by atoms with Crippen LogP contribution in [0.3, 0.4) is 0 Å². The van der Waals surface area contributed by atoms with Gasteiger partial charge >= 0.3 is 0 Å².